The maximum absolute atomic E-state index is 13.9. The van der Waals surface area contributed by atoms with E-state index in [1.165, 1.54) is 22.3 Å². The van der Waals surface area contributed by atoms with E-state index in [1.54, 1.807) is 6.20 Å². The molecule has 0 radical (unpaired) electrons. The fraction of sp³-hybridized carbons (Fsp3) is 0.353. The van der Waals surface area contributed by atoms with E-state index >= 15 is 0 Å². The molecule has 0 saturated heterocycles. The summed E-state index contributed by atoms with van der Waals surface area (Å²) in [6, 6.07) is 17.2. The zero-order valence-electron chi connectivity index (χ0n) is 23.8. The maximum Gasteiger partial charge on any atom is 0.257 e. The number of carbonyl (C=O) groups excluding carboxylic acids is 1. The Kier molecular flexibility index (Phi) is 7.35. The van der Waals surface area contributed by atoms with Crippen molar-refractivity contribution in [2.45, 2.75) is 77.4 Å². The van der Waals surface area contributed by atoms with Gasteiger partial charge < -0.3 is 10.6 Å². The monoisotopic (exact) mass is 520 g/mol. The van der Waals surface area contributed by atoms with Crippen LogP contribution in [0.25, 0.3) is 11.1 Å². The number of benzene rings is 2. The Morgan fingerprint density at radius 1 is 1.08 bits per heavy atom. The summed E-state index contributed by atoms with van der Waals surface area (Å²) in [4.78, 5) is 13.9. The van der Waals surface area contributed by atoms with Crippen LogP contribution < -0.4 is 10.6 Å². The molecule has 202 valence electrons. The normalized spacial score (nSPS) is 18.1. The molecule has 2 aliphatic rings. The van der Waals surface area contributed by atoms with E-state index in [0.29, 0.717) is 5.56 Å². The van der Waals surface area contributed by atoms with Crippen molar-refractivity contribution in [1.29, 1.82) is 0 Å². The molecule has 0 fully saturated rings. The number of hydrogen-bond acceptors (Lipinski definition) is 3. The fourth-order valence-electron chi connectivity index (χ4n) is 6.05. The van der Waals surface area contributed by atoms with Gasteiger partial charge in [0, 0.05) is 0 Å². The van der Waals surface area contributed by atoms with Crippen LogP contribution in [0.5, 0.6) is 0 Å². The minimum absolute atomic E-state index is 0.0958. The largest absolute Gasteiger partial charge is 0.363 e. The molecule has 2 aromatic carbocycles. The van der Waals surface area contributed by atoms with Gasteiger partial charge >= 0.3 is 0 Å². The van der Waals surface area contributed by atoms with Crippen molar-refractivity contribution in [2.75, 3.05) is 5.32 Å². The van der Waals surface area contributed by atoms with Crippen LogP contribution in [0.3, 0.4) is 0 Å². The first-order valence-corrected chi connectivity index (χ1v) is 14.1. The van der Waals surface area contributed by atoms with Gasteiger partial charge in [0.1, 0.15) is 11.4 Å². The Labute approximate surface area is 232 Å². The molecule has 39 heavy (non-hydrogen) atoms. The van der Waals surface area contributed by atoms with Crippen molar-refractivity contribution in [2.24, 2.45) is 0 Å². The third-order valence-corrected chi connectivity index (χ3v) is 8.53. The number of amides is 1. The van der Waals surface area contributed by atoms with Gasteiger partial charge in [-0.25, -0.2) is 4.68 Å². The molecule has 3 aromatic rings. The summed E-state index contributed by atoms with van der Waals surface area (Å²) in [7, 11) is 0. The second-order valence-electron chi connectivity index (χ2n) is 11.4. The Balaban J connectivity index is 1.43. The average molecular weight is 521 g/mol. The van der Waals surface area contributed by atoms with Gasteiger partial charge in [0.05, 0.1) is 23.3 Å². The Bertz CT molecular complexity index is 1430. The van der Waals surface area contributed by atoms with E-state index in [4.69, 9.17) is 0 Å². The fourth-order valence-corrected chi connectivity index (χ4v) is 6.05. The van der Waals surface area contributed by atoms with Crippen molar-refractivity contribution >= 4 is 11.7 Å². The number of rotatable bonds is 7. The van der Waals surface area contributed by atoms with Crippen LogP contribution in [0.2, 0.25) is 0 Å². The quantitative estimate of drug-likeness (QED) is 0.336. The van der Waals surface area contributed by atoms with E-state index in [-0.39, 0.29) is 17.5 Å². The second kappa shape index (κ2) is 10.7. The Morgan fingerprint density at radius 2 is 1.82 bits per heavy atom. The number of hydrogen-bond donors (Lipinski definition) is 2. The molecule has 2 N–H and O–H groups in total. The van der Waals surface area contributed by atoms with Crippen molar-refractivity contribution in [1.82, 2.24) is 15.1 Å². The number of aryl methyl sites for hydroxylation is 1. The number of anilines is 1. The smallest absolute Gasteiger partial charge is 0.257 e. The van der Waals surface area contributed by atoms with Crippen LogP contribution in [-0.4, -0.2) is 21.7 Å². The molecule has 1 amide bonds. The van der Waals surface area contributed by atoms with Gasteiger partial charge in [-0.15, -0.1) is 0 Å². The summed E-state index contributed by atoms with van der Waals surface area (Å²) in [5, 5.41) is 11.8. The van der Waals surface area contributed by atoms with Crippen LogP contribution in [0.4, 0.5) is 5.82 Å². The van der Waals surface area contributed by atoms with Gasteiger partial charge in [-0.2, -0.15) is 5.10 Å². The highest BCUT2D eigenvalue weighted by Gasteiger charge is 2.38. The van der Waals surface area contributed by atoms with Gasteiger partial charge in [-0.05, 0) is 74.3 Å². The lowest BCUT2D eigenvalue weighted by atomic mass is 9.83. The third kappa shape index (κ3) is 5.10. The summed E-state index contributed by atoms with van der Waals surface area (Å²) in [5.74, 6) is 0.699. The highest BCUT2D eigenvalue weighted by atomic mass is 16.1. The first-order valence-electron chi connectivity index (χ1n) is 14.1. The highest BCUT2D eigenvalue weighted by Crippen LogP contribution is 2.38. The third-order valence-electron chi connectivity index (χ3n) is 8.53. The van der Waals surface area contributed by atoms with Gasteiger partial charge in [0.25, 0.3) is 5.91 Å². The predicted octanol–water partition coefficient (Wildman–Crippen LogP) is 7.67. The molecule has 5 nitrogen and oxygen atoms in total. The van der Waals surface area contributed by atoms with Crippen molar-refractivity contribution in [3.05, 3.63) is 107 Å². The molecule has 0 saturated carbocycles. The first kappa shape index (κ1) is 26.7. The molecule has 1 unspecified atom stereocenters. The lowest BCUT2D eigenvalue weighted by Crippen LogP contribution is -2.46. The average Bonchev–Trinajstić information content (AvgIpc) is 3.19. The van der Waals surface area contributed by atoms with E-state index < -0.39 is 5.54 Å². The lowest BCUT2D eigenvalue weighted by molar-refractivity contribution is 0.0890. The summed E-state index contributed by atoms with van der Waals surface area (Å²) in [6.45, 7) is 10.8. The summed E-state index contributed by atoms with van der Waals surface area (Å²) < 4.78 is 1.98. The van der Waals surface area contributed by atoms with E-state index in [1.807, 2.05) is 4.68 Å². The van der Waals surface area contributed by atoms with Gasteiger partial charge in [0.15, 0.2) is 0 Å². The minimum Gasteiger partial charge on any atom is -0.363 e. The summed E-state index contributed by atoms with van der Waals surface area (Å²) in [5.41, 5.74) is 6.01. The van der Waals surface area contributed by atoms with Crippen molar-refractivity contribution < 1.29 is 4.79 Å². The van der Waals surface area contributed by atoms with Gasteiger partial charge in [-0.1, -0.05) is 92.8 Å². The predicted molar refractivity (Wildman–Crippen MR) is 161 cm³/mol. The maximum atomic E-state index is 13.9. The number of fused-ring (bicyclic) bond motifs is 1. The molecule has 5 heteroatoms. The zero-order valence-corrected chi connectivity index (χ0v) is 23.8. The van der Waals surface area contributed by atoms with Crippen LogP contribution in [-0.2, 0) is 11.1 Å². The molecule has 0 bridgehead atoms. The SMILES string of the molecule is CCC(CC)(NC(=O)c1cnn2c1NC(C1=CC=CC=CC1)CC2(C)C)c1ccc(-c2ccccc2C)cc1. The van der Waals surface area contributed by atoms with Gasteiger partial charge in [-0.3, -0.25) is 4.79 Å². The van der Waals surface area contributed by atoms with E-state index in [2.05, 4.69) is 129 Å². The van der Waals surface area contributed by atoms with E-state index in [0.717, 1.165) is 37.1 Å². The summed E-state index contributed by atoms with van der Waals surface area (Å²) >= 11 is 0. The number of nitrogens with one attached hydrogen (secondary N) is 2. The van der Waals surface area contributed by atoms with E-state index in [9.17, 15) is 4.79 Å². The van der Waals surface area contributed by atoms with Crippen LogP contribution >= 0.6 is 0 Å². The molecule has 1 aliphatic heterocycles. The molecule has 1 aliphatic carbocycles. The molecule has 2 heterocycles. The molecule has 5 rings (SSSR count). The standard InChI is InChI=1S/C34H40N4O/c1-6-34(7-2,27-20-18-25(19-21-27)28-17-13-12-14-24(28)3)37-32(39)29-23-35-38-31(29)36-30(22-33(38,4)5)26-15-10-8-9-11-16-26/h8-15,17-21,23,30,36H,6-7,16,22H2,1-5H3,(H,37,39). The van der Waals surface area contributed by atoms with Crippen LogP contribution in [0.1, 0.15) is 74.9 Å². The lowest BCUT2D eigenvalue weighted by Gasteiger charge is -2.39. The minimum atomic E-state index is -0.473. The summed E-state index contributed by atoms with van der Waals surface area (Å²) in [6.07, 6.45) is 15.7. The number of allylic oxidation sites excluding steroid dienone is 5. The number of carbonyl (C=O) groups is 1. The molecule has 1 aromatic heterocycles. The van der Waals surface area contributed by atoms with Crippen LogP contribution in [0.15, 0.2) is 90.7 Å². The van der Waals surface area contributed by atoms with Gasteiger partial charge in [0.2, 0.25) is 0 Å². The molecule has 1 atom stereocenters. The topological polar surface area (TPSA) is 59.0 Å². The zero-order chi connectivity index (χ0) is 27.6. The van der Waals surface area contributed by atoms with Crippen molar-refractivity contribution in [3.63, 3.8) is 0 Å². The Hall–Kier alpha value is -3.86. The molecule has 0 spiro atoms. The Morgan fingerprint density at radius 3 is 2.54 bits per heavy atom. The molecular weight excluding hydrogens is 480 g/mol. The number of nitrogens with zero attached hydrogens (tertiary/aromatic N) is 2. The van der Waals surface area contributed by atoms with Crippen molar-refractivity contribution in [3.8, 4) is 11.1 Å². The first-order chi connectivity index (χ1) is 18.8. The molecular formula is C34H40N4O. The van der Waals surface area contributed by atoms with Crippen LogP contribution in [0, 0.1) is 6.92 Å². The number of aromatic nitrogens is 2. The second-order valence-corrected chi connectivity index (χ2v) is 11.4. The highest BCUT2D eigenvalue weighted by molar-refractivity contribution is 5.99.